The van der Waals surface area contributed by atoms with E-state index < -0.39 is 11.4 Å². The Hall–Kier alpha value is -2.22. The summed E-state index contributed by atoms with van der Waals surface area (Å²) in [6.45, 7) is 6.26. The number of amides is 1. The van der Waals surface area contributed by atoms with Crippen molar-refractivity contribution in [2.45, 2.75) is 39.3 Å². The summed E-state index contributed by atoms with van der Waals surface area (Å²) in [5.74, 6) is 0.284. The number of ether oxygens (including phenoxy) is 2. The van der Waals surface area contributed by atoms with Crippen LogP contribution in [0, 0.1) is 5.82 Å². The van der Waals surface area contributed by atoms with E-state index in [0.717, 1.165) is 5.56 Å². The molecule has 3 rings (SSSR count). The Labute approximate surface area is 159 Å². The lowest BCUT2D eigenvalue weighted by Gasteiger charge is -2.30. The van der Waals surface area contributed by atoms with Crippen molar-refractivity contribution < 1.29 is 18.7 Å². The van der Waals surface area contributed by atoms with E-state index in [2.05, 4.69) is 25.9 Å². The molecule has 0 aliphatic carbocycles. The van der Waals surface area contributed by atoms with E-state index in [1.165, 1.54) is 12.4 Å². The van der Waals surface area contributed by atoms with Crippen LogP contribution in [0.5, 0.6) is 11.6 Å². The molecule has 1 aromatic carbocycles. The van der Waals surface area contributed by atoms with Crippen molar-refractivity contribution in [1.29, 1.82) is 0 Å². The molecule has 0 unspecified atom stereocenters. The van der Waals surface area contributed by atoms with Crippen LogP contribution in [0.3, 0.4) is 0 Å². The number of rotatable bonds is 2. The third-order valence-electron chi connectivity index (χ3n) is 3.74. The smallest absolute Gasteiger partial charge is 0.410 e. The van der Waals surface area contributed by atoms with Gasteiger partial charge in [0.05, 0.1) is 16.7 Å². The van der Waals surface area contributed by atoms with Gasteiger partial charge in [-0.3, -0.25) is 0 Å². The predicted molar refractivity (Wildman–Crippen MR) is 96.6 cm³/mol. The average Bonchev–Trinajstić information content (AvgIpc) is 2.57. The van der Waals surface area contributed by atoms with Gasteiger partial charge in [-0.25, -0.2) is 19.2 Å². The Balaban J connectivity index is 1.81. The molecule has 0 spiro atoms. The summed E-state index contributed by atoms with van der Waals surface area (Å²) in [4.78, 5) is 22.3. The molecule has 0 bridgehead atoms. The Morgan fingerprint density at radius 1 is 1.31 bits per heavy atom. The minimum absolute atomic E-state index is 0.235. The van der Waals surface area contributed by atoms with Gasteiger partial charge in [-0.15, -0.1) is 0 Å². The Bertz CT molecular complexity index is 839. The summed E-state index contributed by atoms with van der Waals surface area (Å²) >= 11 is 3.18. The number of benzene rings is 1. The molecule has 0 saturated heterocycles. The van der Waals surface area contributed by atoms with E-state index >= 15 is 0 Å². The summed E-state index contributed by atoms with van der Waals surface area (Å²) in [5.41, 5.74) is 0.948. The van der Waals surface area contributed by atoms with Crippen LogP contribution in [0.4, 0.5) is 9.18 Å². The first-order valence-electron chi connectivity index (χ1n) is 8.17. The van der Waals surface area contributed by atoms with Gasteiger partial charge in [0.25, 0.3) is 0 Å². The van der Waals surface area contributed by atoms with Gasteiger partial charge in [0.1, 0.15) is 23.5 Å². The fraction of sp³-hybridized carbons (Fsp3) is 0.389. The highest BCUT2D eigenvalue weighted by molar-refractivity contribution is 9.10. The topological polar surface area (TPSA) is 64.5 Å². The fourth-order valence-corrected chi connectivity index (χ4v) is 2.91. The van der Waals surface area contributed by atoms with Crippen molar-refractivity contribution in [3.63, 3.8) is 0 Å². The maximum atomic E-state index is 13.7. The van der Waals surface area contributed by atoms with Crippen LogP contribution in [0.1, 0.15) is 32.0 Å². The third kappa shape index (κ3) is 4.12. The van der Waals surface area contributed by atoms with E-state index in [4.69, 9.17) is 9.47 Å². The van der Waals surface area contributed by atoms with E-state index in [1.807, 2.05) is 20.8 Å². The van der Waals surface area contributed by atoms with Gasteiger partial charge in [-0.2, -0.15) is 0 Å². The second-order valence-corrected chi connectivity index (χ2v) is 7.70. The zero-order chi connectivity index (χ0) is 18.9. The van der Waals surface area contributed by atoms with E-state index in [-0.39, 0.29) is 10.6 Å². The standard InChI is InChI=1S/C18H19BrFN3O3/c1-18(2,3)26-17(24)23-8-7-11-13(9-23)21-10-22-16(11)25-14-6-4-5-12(20)15(14)19/h4-6,10H,7-9H2,1-3H3. The molecule has 0 saturated carbocycles. The molecule has 0 radical (unpaired) electrons. The molecular formula is C18H19BrFN3O3. The van der Waals surface area contributed by atoms with Gasteiger partial charge in [0, 0.05) is 12.1 Å². The zero-order valence-electron chi connectivity index (χ0n) is 14.8. The molecule has 1 aromatic heterocycles. The highest BCUT2D eigenvalue weighted by Gasteiger charge is 2.28. The highest BCUT2D eigenvalue weighted by atomic mass is 79.9. The number of nitrogens with zero attached hydrogens (tertiary/aromatic N) is 3. The molecule has 1 aliphatic rings. The Morgan fingerprint density at radius 2 is 2.08 bits per heavy atom. The minimum Gasteiger partial charge on any atom is -0.444 e. The van der Waals surface area contributed by atoms with Crippen LogP contribution < -0.4 is 4.74 Å². The fourth-order valence-electron chi connectivity index (χ4n) is 2.56. The Morgan fingerprint density at radius 3 is 2.81 bits per heavy atom. The van der Waals surface area contributed by atoms with E-state index in [1.54, 1.807) is 17.0 Å². The number of hydrogen-bond acceptors (Lipinski definition) is 5. The molecule has 0 fully saturated rings. The number of carbonyl (C=O) groups excluding carboxylic acids is 1. The van der Waals surface area contributed by atoms with Crippen LogP contribution in [0.25, 0.3) is 0 Å². The maximum absolute atomic E-state index is 13.7. The quantitative estimate of drug-likeness (QED) is 0.712. The van der Waals surface area contributed by atoms with Gasteiger partial charge in [-0.05, 0) is 55.3 Å². The molecule has 1 aliphatic heterocycles. The van der Waals surface area contributed by atoms with Crippen LogP contribution >= 0.6 is 15.9 Å². The lowest BCUT2D eigenvalue weighted by molar-refractivity contribution is 0.0219. The van der Waals surface area contributed by atoms with Gasteiger partial charge in [-0.1, -0.05) is 6.07 Å². The van der Waals surface area contributed by atoms with Crippen molar-refractivity contribution in [1.82, 2.24) is 14.9 Å². The summed E-state index contributed by atoms with van der Waals surface area (Å²) in [7, 11) is 0. The lowest BCUT2D eigenvalue weighted by Crippen LogP contribution is -2.40. The maximum Gasteiger partial charge on any atom is 0.410 e. The first kappa shape index (κ1) is 18.6. The number of halogens is 2. The molecule has 0 atom stereocenters. The Kier molecular flexibility index (Phi) is 5.13. The third-order valence-corrected chi connectivity index (χ3v) is 4.51. The molecule has 8 heteroatoms. The first-order valence-corrected chi connectivity index (χ1v) is 8.96. The van der Waals surface area contributed by atoms with Gasteiger partial charge < -0.3 is 14.4 Å². The first-order chi connectivity index (χ1) is 12.2. The second kappa shape index (κ2) is 7.19. The molecular weight excluding hydrogens is 405 g/mol. The van der Waals surface area contributed by atoms with Crippen LogP contribution in [0.2, 0.25) is 0 Å². The largest absolute Gasteiger partial charge is 0.444 e. The van der Waals surface area contributed by atoms with E-state index in [0.29, 0.717) is 36.8 Å². The van der Waals surface area contributed by atoms with Crippen LogP contribution in [-0.2, 0) is 17.7 Å². The number of fused-ring (bicyclic) bond motifs is 1. The predicted octanol–water partition coefficient (Wildman–Crippen LogP) is 4.46. The number of hydrogen-bond donors (Lipinski definition) is 0. The molecule has 1 amide bonds. The molecule has 2 heterocycles. The average molecular weight is 424 g/mol. The molecule has 2 aromatic rings. The van der Waals surface area contributed by atoms with Crippen molar-refractivity contribution >= 4 is 22.0 Å². The summed E-state index contributed by atoms with van der Waals surface area (Å²) < 4.78 is 25.1. The van der Waals surface area contributed by atoms with Crippen LogP contribution in [0.15, 0.2) is 29.0 Å². The zero-order valence-corrected chi connectivity index (χ0v) is 16.3. The second-order valence-electron chi connectivity index (χ2n) is 6.91. The van der Waals surface area contributed by atoms with Gasteiger partial charge in [0.15, 0.2) is 0 Å². The molecule has 138 valence electrons. The summed E-state index contributed by atoms with van der Waals surface area (Å²) in [6, 6.07) is 4.55. The van der Waals surface area contributed by atoms with Crippen LogP contribution in [-0.4, -0.2) is 33.1 Å². The summed E-state index contributed by atoms with van der Waals surface area (Å²) in [6.07, 6.45) is 1.52. The van der Waals surface area contributed by atoms with Crippen molar-refractivity contribution in [3.05, 3.63) is 46.1 Å². The summed E-state index contributed by atoms with van der Waals surface area (Å²) in [5, 5.41) is 0. The molecule has 0 N–H and O–H groups in total. The number of aromatic nitrogens is 2. The monoisotopic (exact) mass is 423 g/mol. The lowest BCUT2D eigenvalue weighted by atomic mass is 10.1. The van der Waals surface area contributed by atoms with E-state index in [9.17, 15) is 9.18 Å². The highest BCUT2D eigenvalue weighted by Crippen LogP contribution is 2.34. The molecule has 26 heavy (non-hydrogen) atoms. The van der Waals surface area contributed by atoms with Gasteiger partial charge in [0.2, 0.25) is 5.88 Å². The molecule has 6 nitrogen and oxygen atoms in total. The minimum atomic E-state index is -0.555. The normalized spacial score (nSPS) is 14.0. The van der Waals surface area contributed by atoms with Gasteiger partial charge >= 0.3 is 6.09 Å². The number of carbonyl (C=O) groups is 1. The van der Waals surface area contributed by atoms with Crippen molar-refractivity contribution in [2.75, 3.05) is 6.54 Å². The SMILES string of the molecule is CC(C)(C)OC(=O)N1CCc2c(ncnc2Oc2cccc(F)c2Br)C1. The van der Waals surface area contributed by atoms with Crippen molar-refractivity contribution in [3.8, 4) is 11.6 Å². The van der Waals surface area contributed by atoms with Crippen molar-refractivity contribution in [2.24, 2.45) is 0 Å².